The molecule has 0 bridgehead atoms. The van der Waals surface area contributed by atoms with E-state index in [0.29, 0.717) is 12.1 Å². The Labute approximate surface area is 130 Å². The van der Waals surface area contributed by atoms with E-state index in [1.165, 1.54) is 42.6 Å². The predicted octanol–water partition coefficient (Wildman–Crippen LogP) is 4.08. The predicted molar refractivity (Wildman–Crippen MR) is 91.6 cm³/mol. The van der Waals surface area contributed by atoms with Crippen molar-refractivity contribution >= 4 is 0 Å². The smallest absolute Gasteiger partial charge is 0.0296 e. The van der Waals surface area contributed by atoms with E-state index in [-0.39, 0.29) is 0 Å². The first-order valence-electron chi connectivity index (χ1n) is 8.23. The third-order valence-corrected chi connectivity index (χ3v) is 4.49. The highest BCUT2D eigenvalue weighted by Crippen LogP contribution is 2.20. The SMILES string of the molecule is CC(C)=CCN1CCC(NC(C)c2ccccc2C)CC1. The summed E-state index contributed by atoms with van der Waals surface area (Å²) in [5, 5.41) is 3.82. The molecular formula is C19H30N2. The second-order valence-corrected chi connectivity index (χ2v) is 6.60. The van der Waals surface area contributed by atoms with Gasteiger partial charge in [-0.15, -0.1) is 0 Å². The largest absolute Gasteiger partial charge is 0.307 e. The van der Waals surface area contributed by atoms with Crippen LogP contribution in [0.1, 0.15) is 50.8 Å². The summed E-state index contributed by atoms with van der Waals surface area (Å²) in [6.07, 6.45) is 4.85. The molecule has 0 saturated carbocycles. The topological polar surface area (TPSA) is 15.3 Å². The van der Waals surface area contributed by atoms with Gasteiger partial charge in [-0.2, -0.15) is 0 Å². The molecule has 1 aromatic rings. The van der Waals surface area contributed by atoms with E-state index in [1.54, 1.807) is 0 Å². The van der Waals surface area contributed by atoms with Gasteiger partial charge in [-0.05, 0) is 64.8 Å². The molecule has 116 valence electrons. The Morgan fingerprint density at radius 2 is 1.95 bits per heavy atom. The summed E-state index contributed by atoms with van der Waals surface area (Å²) in [6.45, 7) is 12.4. The van der Waals surface area contributed by atoms with Crippen LogP contribution in [0.5, 0.6) is 0 Å². The molecule has 1 heterocycles. The van der Waals surface area contributed by atoms with Crippen molar-refractivity contribution in [3.05, 3.63) is 47.0 Å². The maximum atomic E-state index is 3.82. The van der Waals surface area contributed by atoms with E-state index in [1.807, 2.05) is 0 Å². The van der Waals surface area contributed by atoms with Crippen LogP contribution in [0.3, 0.4) is 0 Å². The number of hydrogen-bond acceptors (Lipinski definition) is 2. The summed E-state index contributed by atoms with van der Waals surface area (Å²) in [5.74, 6) is 0. The zero-order valence-corrected chi connectivity index (χ0v) is 14.0. The first kappa shape index (κ1) is 16.3. The number of nitrogens with zero attached hydrogens (tertiary/aromatic N) is 1. The molecule has 0 radical (unpaired) electrons. The summed E-state index contributed by atoms with van der Waals surface area (Å²) in [5.41, 5.74) is 4.24. The minimum atomic E-state index is 0.445. The fraction of sp³-hybridized carbons (Fsp3) is 0.579. The van der Waals surface area contributed by atoms with Gasteiger partial charge in [-0.25, -0.2) is 0 Å². The molecular weight excluding hydrogens is 256 g/mol. The van der Waals surface area contributed by atoms with E-state index >= 15 is 0 Å². The average Bonchev–Trinajstić information content (AvgIpc) is 2.47. The van der Waals surface area contributed by atoms with Gasteiger partial charge in [0.2, 0.25) is 0 Å². The third kappa shape index (κ3) is 4.98. The Kier molecular flexibility index (Phi) is 6.01. The Hall–Kier alpha value is -1.12. The van der Waals surface area contributed by atoms with Gasteiger partial charge >= 0.3 is 0 Å². The molecule has 1 fully saturated rings. The van der Waals surface area contributed by atoms with Gasteiger partial charge < -0.3 is 5.32 Å². The Morgan fingerprint density at radius 1 is 1.29 bits per heavy atom. The highest BCUT2D eigenvalue weighted by Gasteiger charge is 2.20. The van der Waals surface area contributed by atoms with Crippen LogP contribution in [0.2, 0.25) is 0 Å². The van der Waals surface area contributed by atoms with Gasteiger partial charge in [0.05, 0.1) is 0 Å². The van der Waals surface area contributed by atoms with Crippen molar-refractivity contribution in [3.63, 3.8) is 0 Å². The lowest BCUT2D eigenvalue weighted by molar-refractivity contribution is 0.208. The van der Waals surface area contributed by atoms with E-state index in [0.717, 1.165) is 6.54 Å². The molecule has 1 N–H and O–H groups in total. The summed E-state index contributed by atoms with van der Waals surface area (Å²) in [6, 6.07) is 9.81. The van der Waals surface area contributed by atoms with Gasteiger partial charge in [0.25, 0.3) is 0 Å². The molecule has 21 heavy (non-hydrogen) atoms. The summed E-state index contributed by atoms with van der Waals surface area (Å²) in [7, 11) is 0. The van der Waals surface area contributed by atoms with Crippen LogP contribution in [0.25, 0.3) is 0 Å². The highest BCUT2D eigenvalue weighted by atomic mass is 15.1. The summed E-state index contributed by atoms with van der Waals surface area (Å²) in [4.78, 5) is 2.56. The van der Waals surface area contributed by atoms with Crippen molar-refractivity contribution in [2.24, 2.45) is 0 Å². The first-order chi connectivity index (χ1) is 10.1. The van der Waals surface area contributed by atoms with Crippen LogP contribution < -0.4 is 5.32 Å². The van der Waals surface area contributed by atoms with E-state index in [2.05, 4.69) is 68.3 Å². The maximum absolute atomic E-state index is 3.82. The van der Waals surface area contributed by atoms with Crippen LogP contribution in [-0.2, 0) is 0 Å². The second-order valence-electron chi connectivity index (χ2n) is 6.60. The maximum Gasteiger partial charge on any atom is 0.0296 e. The van der Waals surface area contributed by atoms with E-state index < -0.39 is 0 Å². The molecule has 1 unspecified atom stereocenters. The molecule has 1 aliphatic rings. The minimum absolute atomic E-state index is 0.445. The Morgan fingerprint density at radius 3 is 2.57 bits per heavy atom. The number of piperidine rings is 1. The van der Waals surface area contributed by atoms with Crippen molar-refractivity contribution in [2.75, 3.05) is 19.6 Å². The van der Waals surface area contributed by atoms with Gasteiger partial charge in [0.1, 0.15) is 0 Å². The minimum Gasteiger partial charge on any atom is -0.307 e. The van der Waals surface area contributed by atoms with Crippen molar-refractivity contribution < 1.29 is 0 Å². The molecule has 2 heteroatoms. The molecule has 1 saturated heterocycles. The molecule has 2 nitrogen and oxygen atoms in total. The van der Waals surface area contributed by atoms with Gasteiger partial charge in [-0.1, -0.05) is 35.9 Å². The van der Waals surface area contributed by atoms with Gasteiger partial charge in [-0.3, -0.25) is 4.90 Å². The highest BCUT2D eigenvalue weighted by molar-refractivity contribution is 5.28. The number of nitrogens with one attached hydrogen (secondary N) is 1. The molecule has 0 spiro atoms. The van der Waals surface area contributed by atoms with Crippen LogP contribution in [0.4, 0.5) is 0 Å². The van der Waals surface area contributed by atoms with E-state index in [9.17, 15) is 0 Å². The number of rotatable bonds is 5. The summed E-state index contributed by atoms with van der Waals surface area (Å²) < 4.78 is 0. The lowest BCUT2D eigenvalue weighted by Gasteiger charge is -2.33. The standard InChI is InChI=1S/C19H30N2/c1-15(2)9-12-21-13-10-18(11-14-21)20-17(4)19-8-6-5-7-16(19)3/h5-9,17-18,20H,10-14H2,1-4H3. The molecule has 0 aromatic heterocycles. The van der Waals surface area contributed by atoms with Gasteiger partial charge in [0, 0.05) is 18.6 Å². The van der Waals surface area contributed by atoms with Crippen LogP contribution in [0.15, 0.2) is 35.9 Å². The molecule has 2 rings (SSSR count). The molecule has 0 amide bonds. The number of hydrogen-bond donors (Lipinski definition) is 1. The third-order valence-electron chi connectivity index (χ3n) is 4.49. The number of allylic oxidation sites excluding steroid dienone is 1. The molecule has 1 aliphatic heterocycles. The molecule has 1 aromatic carbocycles. The quantitative estimate of drug-likeness (QED) is 0.821. The Balaban J connectivity index is 1.81. The van der Waals surface area contributed by atoms with Crippen LogP contribution >= 0.6 is 0 Å². The normalized spacial score (nSPS) is 18.5. The fourth-order valence-corrected chi connectivity index (χ4v) is 3.11. The summed E-state index contributed by atoms with van der Waals surface area (Å²) >= 11 is 0. The zero-order chi connectivity index (χ0) is 15.2. The molecule has 0 aliphatic carbocycles. The zero-order valence-electron chi connectivity index (χ0n) is 14.0. The van der Waals surface area contributed by atoms with E-state index in [4.69, 9.17) is 0 Å². The first-order valence-corrected chi connectivity index (χ1v) is 8.23. The fourth-order valence-electron chi connectivity index (χ4n) is 3.11. The molecule has 1 atom stereocenters. The van der Waals surface area contributed by atoms with Crippen LogP contribution in [0, 0.1) is 6.92 Å². The number of aryl methyl sites for hydroxylation is 1. The Bertz CT molecular complexity index is 466. The average molecular weight is 286 g/mol. The van der Waals surface area contributed by atoms with Crippen molar-refractivity contribution in [1.82, 2.24) is 10.2 Å². The number of benzene rings is 1. The van der Waals surface area contributed by atoms with Crippen molar-refractivity contribution in [3.8, 4) is 0 Å². The van der Waals surface area contributed by atoms with Crippen molar-refractivity contribution in [1.29, 1.82) is 0 Å². The van der Waals surface area contributed by atoms with Crippen LogP contribution in [-0.4, -0.2) is 30.6 Å². The second kappa shape index (κ2) is 7.77. The van der Waals surface area contributed by atoms with Gasteiger partial charge in [0.15, 0.2) is 0 Å². The van der Waals surface area contributed by atoms with Crippen molar-refractivity contribution in [2.45, 2.75) is 52.6 Å². The lowest BCUT2D eigenvalue weighted by Crippen LogP contribution is -2.43. The lowest BCUT2D eigenvalue weighted by atomic mass is 9.99. The monoisotopic (exact) mass is 286 g/mol. The number of likely N-dealkylation sites (tertiary alicyclic amines) is 1.